The van der Waals surface area contributed by atoms with Gasteiger partial charge in [-0.2, -0.15) is 0 Å². The summed E-state index contributed by atoms with van der Waals surface area (Å²) in [5.74, 6) is 1.59. The topological polar surface area (TPSA) is 0 Å². The molecule has 0 saturated carbocycles. The van der Waals surface area contributed by atoms with E-state index in [0.29, 0.717) is 17.8 Å². The second kappa shape index (κ2) is 6.80. The Morgan fingerprint density at radius 1 is 0.786 bits per heavy atom. The van der Waals surface area contributed by atoms with Crippen LogP contribution in [0.25, 0.3) is 0 Å². The number of halogens is 1. The van der Waals surface area contributed by atoms with Gasteiger partial charge in [0.15, 0.2) is 0 Å². The molecular formula is C13H23F. The maximum atomic E-state index is 12.5. The summed E-state index contributed by atoms with van der Waals surface area (Å²) in [7, 11) is 0. The van der Waals surface area contributed by atoms with Gasteiger partial charge < -0.3 is 0 Å². The molecule has 0 aliphatic rings. The zero-order chi connectivity index (χ0) is 11.1. The first-order valence-corrected chi connectivity index (χ1v) is 5.44. The van der Waals surface area contributed by atoms with Crippen molar-refractivity contribution in [2.24, 2.45) is 17.8 Å². The van der Waals surface area contributed by atoms with Gasteiger partial charge in [-0.1, -0.05) is 52.0 Å². The highest BCUT2D eigenvalue weighted by Crippen LogP contribution is 2.13. The predicted molar refractivity (Wildman–Crippen MR) is 62.0 cm³/mol. The Balaban J connectivity index is 3.99. The molecule has 3 atom stereocenters. The van der Waals surface area contributed by atoms with E-state index in [1.165, 1.54) is 0 Å². The van der Waals surface area contributed by atoms with Gasteiger partial charge in [-0.3, -0.25) is 0 Å². The van der Waals surface area contributed by atoms with Crippen LogP contribution in [0.1, 0.15) is 34.6 Å². The van der Waals surface area contributed by atoms with Crippen molar-refractivity contribution in [3.63, 3.8) is 0 Å². The van der Waals surface area contributed by atoms with Crippen molar-refractivity contribution in [3.8, 4) is 0 Å². The van der Waals surface area contributed by atoms with Gasteiger partial charge in [0, 0.05) is 0 Å². The van der Waals surface area contributed by atoms with Crippen LogP contribution in [0, 0.1) is 17.8 Å². The van der Waals surface area contributed by atoms with Crippen LogP contribution in [-0.2, 0) is 0 Å². The molecule has 0 heterocycles. The monoisotopic (exact) mass is 198 g/mol. The second-order valence-corrected chi connectivity index (χ2v) is 4.41. The lowest BCUT2D eigenvalue weighted by Gasteiger charge is -2.10. The Hall–Kier alpha value is -0.590. The third kappa shape index (κ3) is 6.88. The molecule has 0 aliphatic heterocycles. The molecule has 0 amide bonds. The SMILES string of the molecule is CC(F)C=CC(C)C=CC(C)C(C)C. The number of hydrogen-bond acceptors (Lipinski definition) is 0. The van der Waals surface area contributed by atoms with E-state index in [4.69, 9.17) is 0 Å². The number of rotatable bonds is 5. The fourth-order valence-corrected chi connectivity index (χ4v) is 0.965. The molecule has 0 N–H and O–H groups in total. The zero-order valence-electron chi connectivity index (χ0n) is 10.00. The average molecular weight is 198 g/mol. The van der Waals surface area contributed by atoms with E-state index in [1.807, 2.05) is 6.08 Å². The van der Waals surface area contributed by atoms with Crippen LogP contribution in [0.15, 0.2) is 24.3 Å². The average Bonchev–Trinajstić information content (AvgIpc) is 2.10. The largest absolute Gasteiger partial charge is 0.243 e. The lowest BCUT2D eigenvalue weighted by atomic mass is 9.96. The molecule has 1 heteroatoms. The highest BCUT2D eigenvalue weighted by molar-refractivity contribution is 5.01. The Labute approximate surface area is 87.9 Å². The van der Waals surface area contributed by atoms with Gasteiger partial charge in [-0.15, -0.1) is 0 Å². The molecule has 0 aromatic carbocycles. The summed E-state index contributed by atoms with van der Waals surface area (Å²) in [4.78, 5) is 0. The van der Waals surface area contributed by atoms with Crippen LogP contribution >= 0.6 is 0 Å². The standard InChI is InChI=1S/C13H23F/c1-10(2)12(4)8-6-11(3)7-9-13(5)14/h6-13H,1-5H3. The summed E-state index contributed by atoms with van der Waals surface area (Å²) >= 11 is 0. The van der Waals surface area contributed by atoms with Crippen LogP contribution in [0.5, 0.6) is 0 Å². The maximum absolute atomic E-state index is 12.5. The lowest BCUT2D eigenvalue weighted by molar-refractivity contribution is 0.429. The second-order valence-electron chi connectivity index (χ2n) is 4.41. The number of alkyl halides is 1. The quantitative estimate of drug-likeness (QED) is 0.575. The molecule has 0 fully saturated rings. The minimum absolute atomic E-state index is 0.328. The summed E-state index contributed by atoms with van der Waals surface area (Å²) in [6, 6.07) is 0. The summed E-state index contributed by atoms with van der Waals surface area (Å²) in [5, 5.41) is 0. The van der Waals surface area contributed by atoms with Gasteiger partial charge >= 0.3 is 0 Å². The minimum Gasteiger partial charge on any atom is -0.243 e. The third-order valence-corrected chi connectivity index (χ3v) is 2.45. The highest BCUT2D eigenvalue weighted by atomic mass is 19.1. The van der Waals surface area contributed by atoms with E-state index in [-0.39, 0.29) is 0 Å². The van der Waals surface area contributed by atoms with Crippen molar-refractivity contribution in [1.29, 1.82) is 0 Å². The molecule has 0 aromatic rings. The first-order chi connectivity index (χ1) is 6.43. The molecule has 0 spiro atoms. The van der Waals surface area contributed by atoms with E-state index in [1.54, 1.807) is 13.0 Å². The van der Waals surface area contributed by atoms with Crippen molar-refractivity contribution >= 4 is 0 Å². The van der Waals surface area contributed by atoms with E-state index < -0.39 is 6.17 Å². The van der Waals surface area contributed by atoms with Gasteiger partial charge in [0.05, 0.1) is 0 Å². The normalized spacial score (nSPS) is 19.4. The predicted octanol–water partition coefficient (Wildman–Crippen LogP) is 4.39. The van der Waals surface area contributed by atoms with Gasteiger partial charge in [0.2, 0.25) is 0 Å². The zero-order valence-corrected chi connectivity index (χ0v) is 10.00. The van der Waals surface area contributed by atoms with Crippen LogP contribution in [0.4, 0.5) is 4.39 Å². The molecule has 14 heavy (non-hydrogen) atoms. The first-order valence-electron chi connectivity index (χ1n) is 5.44. The molecule has 82 valence electrons. The Kier molecular flexibility index (Phi) is 6.52. The lowest BCUT2D eigenvalue weighted by Crippen LogP contribution is -2.00. The van der Waals surface area contributed by atoms with E-state index >= 15 is 0 Å². The Bertz CT molecular complexity index is 189. The molecule has 0 nitrogen and oxygen atoms in total. The van der Waals surface area contributed by atoms with Crippen LogP contribution in [0.2, 0.25) is 0 Å². The summed E-state index contributed by atoms with van der Waals surface area (Å²) < 4.78 is 12.5. The minimum atomic E-state index is -0.839. The van der Waals surface area contributed by atoms with Gasteiger partial charge in [-0.05, 0) is 24.7 Å². The van der Waals surface area contributed by atoms with Crippen LogP contribution in [-0.4, -0.2) is 6.17 Å². The number of hydrogen-bond donors (Lipinski definition) is 0. The molecule has 0 bridgehead atoms. The smallest absolute Gasteiger partial charge is 0.115 e. The van der Waals surface area contributed by atoms with E-state index in [2.05, 4.69) is 39.8 Å². The maximum Gasteiger partial charge on any atom is 0.115 e. The van der Waals surface area contributed by atoms with Crippen molar-refractivity contribution in [2.75, 3.05) is 0 Å². The Morgan fingerprint density at radius 3 is 1.71 bits per heavy atom. The fourth-order valence-electron chi connectivity index (χ4n) is 0.965. The van der Waals surface area contributed by atoms with Crippen LogP contribution in [0.3, 0.4) is 0 Å². The molecule has 0 aromatic heterocycles. The van der Waals surface area contributed by atoms with E-state index in [0.717, 1.165) is 0 Å². The van der Waals surface area contributed by atoms with Gasteiger partial charge in [0.25, 0.3) is 0 Å². The summed E-state index contributed by atoms with van der Waals surface area (Å²) in [6.45, 7) is 10.2. The molecule has 3 unspecified atom stereocenters. The Morgan fingerprint density at radius 2 is 1.29 bits per heavy atom. The van der Waals surface area contributed by atoms with Crippen LogP contribution < -0.4 is 0 Å². The molecule has 0 aliphatic carbocycles. The molecule has 0 saturated heterocycles. The highest BCUT2D eigenvalue weighted by Gasteiger charge is 2.02. The van der Waals surface area contributed by atoms with Crippen molar-refractivity contribution in [1.82, 2.24) is 0 Å². The van der Waals surface area contributed by atoms with Crippen molar-refractivity contribution < 1.29 is 4.39 Å². The van der Waals surface area contributed by atoms with Gasteiger partial charge in [-0.25, -0.2) is 4.39 Å². The van der Waals surface area contributed by atoms with Crippen molar-refractivity contribution in [2.45, 2.75) is 40.8 Å². The fraction of sp³-hybridized carbons (Fsp3) is 0.692. The molecule has 0 radical (unpaired) electrons. The molecular weight excluding hydrogens is 175 g/mol. The third-order valence-electron chi connectivity index (χ3n) is 2.45. The van der Waals surface area contributed by atoms with Gasteiger partial charge in [0.1, 0.15) is 6.17 Å². The summed E-state index contributed by atoms with van der Waals surface area (Å²) in [5.41, 5.74) is 0. The van der Waals surface area contributed by atoms with Crippen molar-refractivity contribution in [3.05, 3.63) is 24.3 Å². The first kappa shape index (κ1) is 13.4. The summed E-state index contributed by atoms with van der Waals surface area (Å²) in [6.07, 6.45) is 7.03. The molecule has 0 rings (SSSR count). The number of allylic oxidation sites excluding steroid dienone is 4. The van der Waals surface area contributed by atoms with E-state index in [9.17, 15) is 4.39 Å².